The molecule has 3 nitrogen and oxygen atoms in total. The molecule has 12 heavy (non-hydrogen) atoms. The van der Waals surface area contributed by atoms with E-state index in [-0.39, 0.29) is 5.97 Å². The van der Waals surface area contributed by atoms with E-state index in [1.54, 1.807) is 25.6 Å². The fourth-order valence-corrected chi connectivity index (χ4v) is 0.804. The Labute approximate surface area is 77.5 Å². The fourth-order valence-electron chi connectivity index (χ4n) is 0.554. The third-order valence-electron chi connectivity index (χ3n) is 1.63. The van der Waals surface area contributed by atoms with Crippen molar-refractivity contribution in [2.45, 2.75) is 20.0 Å². The van der Waals surface area contributed by atoms with Crippen molar-refractivity contribution in [2.24, 2.45) is 5.92 Å². The highest BCUT2D eigenvalue weighted by Gasteiger charge is 2.18. The Hall–Kier alpha value is -0.220. The zero-order valence-corrected chi connectivity index (χ0v) is 8.56. The van der Waals surface area contributed by atoms with Gasteiger partial charge >= 0.3 is 5.97 Å². The van der Waals surface area contributed by atoms with E-state index in [1.807, 2.05) is 6.26 Å². The van der Waals surface area contributed by atoms with Gasteiger partial charge in [-0.1, -0.05) is 0 Å². The Morgan fingerprint density at radius 1 is 1.58 bits per heavy atom. The summed E-state index contributed by atoms with van der Waals surface area (Å²) in [5.74, 6) is 0.0593. The van der Waals surface area contributed by atoms with E-state index in [0.29, 0.717) is 6.61 Å². The molecule has 4 heteroatoms. The van der Waals surface area contributed by atoms with Gasteiger partial charge in [-0.25, -0.2) is 0 Å². The molecule has 0 aliphatic carbocycles. The van der Waals surface area contributed by atoms with Gasteiger partial charge in [0, 0.05) is 5.75 Å². The number of thioether (sulfide) groups is 1. The SMILES string of the molecule is CSCCOC(=O)[C@H](C)[C@H](C)O. The van der Waals surface area contributed by atoms with Crippen LogP contribution in [0.5, 0.6) is 0 Å². The second-order valence-corrected chi connectivity index (χ2v) is 3.68. The molecule has 72 valence electrons. The van der Waals surface area contributed by atoms with Crippen LogP contribution in [0.2, 0.25) is 0 Å². The normalized spacial score (nSPS) is 15.3. The first-order valence-electron chi connectivity index (χ1n) is 3.93. The van der Waals surface area contributed by atoms with Gasteiger partial charge < -0.3 is 9.84 Å². The Balaban J connectivity index is 3.57. The number of hydrogen-bond donors (Lipinski definition) is 1. The van der Waals surface area contributed by atoms with Gasteiger partial charge in [0.2, 0.25) is 0 Å². The fraction of sp³-hybridized carbons (Fsp3) is 0.875. The predicted octanol–water partition coefficient (Wildman–Crippen LogP) is 0.909. The summed E-state index contributed by atoms with van der Waals surface area (Å²) in [4.78, 5) is 11.1. The summed E-state index contributed by atoms with van der Waals surface area (Å²) >= 11 is 1.62. The van der Waals surface area contributed by atoms with E-state index >= 15 is 0 Å². The van der Waals surface area contributed by atoms with E-state index in [2.05, 4.69) is 0 Å². The van der Waals surface area contributed by atoms with Crippen molar-refractivity contribution in [3.8, 4) is 0 Å². The minimum absolute atomic E-state index is 0.320. The first kappa shape index (κ1) is 11.8. The molecule has 0 aliphatic heterocycles. The van der Waals surface area contributed by atoms with E-state index in [9.17, 15) is 4.79 Å². The molecule has 0 fully saturated rings. The first-order valence-corrected chi connectivity index (χ1v) is 5.32. The molecule has 0 rings (SSSR count). The van der Waals surface area contributed by atoms with Crippen LogP contribution >= 0.6 is 11.8 Å². The van der Waals surface area contributed by atoms with Crippen LogP contribution < -0.4 is 0 Å². The number of aliphatic hydroxyl groups is 1. The molecule has 0 saturated heterocycles. The van der Waals surface area contributed by atoms with Crippen LogP contribution in [0.4, 0.5) is 0 Å². The number of carbonyl (C=O) groups is 1. The van der Waals surface area contributed by atoms with Crippen LogP contribution in [0, 0.1) is 5.92 Å². The van der Waals surface area contributed by atoms with E-state index in [4.69, 9.17) is 9.84 Å². The summed E-state index contributed by atoms with van der Waals surface area (Å²) in [6, 6.07) is 0. The minimum Gasteiger partial charge on any atom is -0.465 e. The molecule has 0 aromatic rings. The van der Waals surface area contributed by atoms with Gasteiger partial charge in [-0.05, 0) is 20.1 Å². The molecule has 0 radical (unpaired) electrons. The Morgan fingerprint density at radius 3 is 2.58 bits per heavy atom. The highest BCUT2D eigenvalue weighted by molar-refractivity contribution is 7.98. The van der Waals surface area contributed by atoms with Crippen LogP contribution in [0.3, 0.4) is 0 Å². The summed E-state index contributed by atoms with van der Waals surface area (Å²) in [5, 5.41) is 9.04. The summed E-state index contributed by atoms with van der Waals surface area (Å²) in [6.45, 7) is 3.67. The number of rotatable bonds is 5. The number of ether oxygens (including phenoxy) is 1. The van der Waals surface area contributed by atoms with Crippen molar-refractivity contribution >= 4 is 17.7 Å². The lowest BCUT2D eigenvalue weighted by atomic mass is 10.1. The molecule has 0 aromatic heterocycles. The molecule has 2 atom stereocenters. The van der Waals surface area contributed by atoms with Crippen LogP contribution in [0.25, 0.3) is 0 Å². The highest BCUT2D eigenvalue weighted by Crippen LogP contribution is 2.04. The van der Waals surface area contributed by atoms with Crippen LogP contribution in [-0.2, 0) is 9.53 Å². The van der Waals surface area contributed by atoms with Crippen molar-refractivity contribution in [2.75, 3.05) is 18.6 Å². The maximum absolute atomic E-state index is 11.1. The van der Waals surface area contributed by atoms with Crippen molar-refractivity contribution in [1.82, 2.24) is 0 Å². The average Bonchev–Trinajstić information content (AvgIpc) is 2.03. The maximum Gasteiger partial charge on any atom is 0.311 e. The quantitative estimate of drug-likeness (QED) is 0.519. The minimum atomic E-state index is -0.633. The molecule has 0 spiro atoms. The largest absolute Gasteiger partial charge is 0.465 e. The summed E-state index contributed by atoms with van der Waals surface area (Å²) in [7, 11) is 0. The van der Waals surface area contributed by atoms with Crippen molar-refractivity contribution in [3.05, 3.63) is 0 Å². The van der Waals surface area contributed by atoms with Gasteiger partial charge in [0.15, 0.2) is 0 Å². The van der Waals surface area contributed by atoms with Gasteiger partial charge in [0.1, 0.15) is 6.61 Å². The average molecular weight is 192 g/mol. The van der Waals surface area contributed by atoms with Gasteiger partial charge in [-0.2, -0.15) is 11.8 Å². The molecular formula is C8H16O3S. The third kappa shape index (κ3) is 4.62. The molecular weight excluding hydrogens is 176 g/mol. The van der Waals surface area contributed by atoms with Crippen LogP contribution in [0.1, 0.15) is 13.8 Å². The third-order valence-corrected chi connectivity index (χ3v) is 2.20. The standard InChI is InChI=1S/C8H16O3S/c1-6(7(2)9)8(10)11-4-5-12-3/h6-7,9H,4-5H2,1-3H3/t6-,7+/m1/s1. The van der Waals surface area contributed by atoms with Gasteiger partial charge in [-0.15, -0.1) is 0 Å². The Morgan fingerprint density at radius 2 is 2.17 bits per heavy atom. The molecule has 0 saturated carbocycles. The van der Waals surface area contributed by atoms with Gasteiger partial charge in [0.25, 0.3) is 0 Å². The van der Waals surface area contributed by atoms with Crippen molar-refractivity contribution in [1.29, 1.82) is 0 Å². The second-order valence-electron chi connectivity index (χ2n) is 2.69. The lowest BCUT2D eigenvalue weighted by Crippen LogP contribution is -2.25. The molecule has 0 unspecified atom stereocenters. The molecule has 1 N–H and O–H groups in total. The zero-order valence-electron chi connectivity index (χ0n) is 7.74. The van der Waals surface area contributed by atoms with Gasteiger partial charge in [-0.3, -0.25) is 4.79 Å². The predicted molar refractivity (Wildman–Crippen MR) is 50.2 cm³/mol. The molecule has 0 aliphatic rings. The summed E-state index contributed by atoms with van der Waals surface area (Å²) in [5.41, 5.74) is 0. The maximum atomic E-state index is 11.1. The lowest BCUT2D eigenvalue weighted by molar-refractivity contribution is -0.150. The molecule has 0 heterocycles. The second kappa shape index (κ2) is 6.31. The van der Waals surface area contributed by atoms with Crippen LogP contribution in [-0.4, -0.2) is 35.8 Å². The summed E-state index contributed by atoms with van der Waals surface area (Å²) in [6.07, 6.45) is 1.32. The topological polar surface area (TPSA) is 46.5 Å². The molecule has 0 aromatic carbocycles. The molecule has 0 bridgehead atoms. The molecule has 0 amide bonds. The monoisotopic (exact) mass is 192 g/mol. The number of esters is 1. The highest BCUT2D eigenvalue weighted by atomic mass is 32.2. The summed E-state index contributed by atoms with van der Waals surface area (Å²) < 4.78 is 4.89. The lowest BCUT2D eigenvalue weighted by Gasteiger charge is -2.12. The Kier molecular flexibility index (Phi) is 6.20. The van der Waals surface area contributed by atoms with Crippen molar-refractivity contribution in [3.63, 3.8) is 0 Å². The van der Waals surface area contributed by atoms with E-state index < -0.39 is 12.0 Å². The van der Waals surface area contributed by atoms with E-state index in [0.717, 1.165) is 5.75 Å². The number of hydrogen-bond acceptors (Lipinski definition) is 4. The number of carbonyl (C=O) groups excluding carboxylic acids is 1. The number of aliphatic hydroxyl groups excluding tert-OH is 1. The smallest absolute Gasteiger partial charge is 0.311 e. The van der Waals surface area contributed by atoms with Crippen molar-refractivity contribution < 1.29 is 14.6 Å². The van der Waals surface area contributed by atoms with Crippen LogP contribution in [0.15, 0.2) is 0 Å². The Bertz CT molecular complexity index is 136. The first-order chi connectivity index (χ1) is 5.59. The van der Waals surface area contributed by atoms with E-state index in [1.165, 1.54) is 0 Å². The van der Waals surface area contributed by atoms with Gasteiger partial charge in [0.05, 0.1) is 12.0 Å². The zero-order chi connectivity index (χ0) is 9.56.